The smallest absolute Gasteiger partial charge is 0.254 e. The van der Waals surface area contributed by atoms with Gasteiger partial charge in [0.05, 0.1) is 0 Å². The van der Waals surface area contributed by atoms with Gasteiger partial charge < -0.3 is 16.4 Å². The highest BCUT2D eigenvalue weighted by Gasteiger charge is 2.28. The summed E-state index contributed by atoms with van der Waals surface area (Å²) in [6.45, 7) is 6.08. The van der Waals surface area contributed by atoms with Gasteiger partial charge in [0.1, 0.15) is 0 Å². The Hall–Kier alpha value is -1.71. The SMILES string of the molecule is CC(C)C1CCN(C(=O)c2cc(N)cc(N)c2)C1. The van der Waals surface area contributed by atoms with Crippen LogP contribution in [-0.2, 0) is 0 Å². The van der Waals surface area contributed by atoms with E-state index < -0.39 is 0 Å². The minimum absolute atomic E-state index is 0.0390. The molecule has 1 unspecified atom stereocenters. The van der Waals surface area contributed by atoms with Crippen molar-refractivity contribution in [3.05, 3.63) is 23.8 Å². The number of rotatable bonds is 2. The lowest BCUT2D eigenvalue weighted by atomic mass is 9.95. The molecule has 1 aromatic carbocycles. The van der Waals surface area contributed by atoms with Crippen LogP contribution in [0.1, 0.15) is 30.6 Å². The molecule has 4 N–H and O–H groups in total. The zero-order chi connectivity index (χ0) is 13.3. The molecule has 0 radical (unpaired) electrons. The first-order chi connectivity index (χ1) is 8.47. The monoisotopic (exact) mass is 247 g/mol. The summed E-state index contributed by atoms with van der Waals surface area (Å²) in [4.78, 5) is 14.2. The summed E-state index contributed by atoms with van der Waals surface area (Å²) in [5.41, 5.74) is 13.1. The first kappa shape index (κ1) is 12.7. The van der Waals surface area contributed by atoms with Crippen molar-refractivity contribution < 1.29 is 4.79 Å². The quantitative estimate of drug-likeness (QED) is 0.785. The topological polar surface area (TPSA) is 72.3 Å². The molecule has 0 aromatic heterocycles. The summed E-state index contributed by atoms with van der Waals surface area (Å²) in [5.74, 6) is 1.26. The largest absolute Gasteiger partial charge is 0.399 e. The third kappa shape index (κ3) is 2.58. The van der Waals surface area contributed by atoms with Crippen LogP contribution in [0.2, 0.25) is 0 Å². The van der Waals surface area contributed by atoms with Crippen LogP contribution >= 0.6 is 0 Å². The van der Waals surface area contributed by atoms with Crippen LogP contribution < -0.4 is 11.5 Å². The number of nitrogens with zero attached hydrogens (tertiary/aromatic N) is 1. The summed E-state index contributed by atoms with van der Waals surface area (Å²) in [7, 11) is 0. The maximum absolute atomic E-state index is 12.3. The minimum atomic E-state index is 0.0390. The molecule has 1 aliphatic heterocycles. The zero-order valence-corrected chi connectivity index (χ0v) is 11.0. The van der Waals surface area contributed by atoms with Crippen LogP contribution in [0.3, 0.4) is 0 Å². The Morgan fingerprint density at radius 1 is 1.28 bits per heavy atom. The number of amides is 1. The second kappa shape index (κ2) is 4.88. The number of carbonyl (C=O) groups is 1. The molecule has 1 aromatic rings. The van der Waals surface area contributed by atoms with E-state index in [2.05, 4.69) is 13.8 Å². The predicted octanol–water partition coefficient (Wildman–Crippen LogP) is 1.97. The van der Waals surface area contributed by atoms with E-state index in [4.69, 9.17) is 11.5 Å². The van der Waals surface area contributed by atoms with Crippen LogP contribution in [0.25, 0.3) is 0 Å². The molecule has 0 bridgehead atoms. The Kier molecular flexibility index (Phi) is 3.45. The number of benzene rings is 1. The molecule has 0 aliphatic carbocycles. The first-order valence-corrected chi connectivity index (χ1v) is 6.42. The number of hydrogen-bond donors (Lipinski definition) is 2. The third-order valence-electron chi connectivity index (χ3n) is 3.68. The molecule has 2 rings (SSSR count). The standard InChI is InChI=1S/C14H21N3O/c1-9(2)10-3-4-17(8-10)14(18)11-5-12(15)7-13(16)6-11/h5-7,9-10H,3-4,8,15-16H2,1-2H3. The maximum Gasteiger partial charge on any atom is 0.254 e. The summed E-state index contributed by atoms with van der Waals surface area (Å²) >= 11 is 0. The first-order valence-electron chi connectivity index (χ1n) is 6.42. The molecule has 0 spiro atoms. The molecule has 1 fully saturated rings. The van der Waals surface area contributed by atoms with Crippen molar-refractivity contribution in [2.24, 2.45) is 11.8 Å². The Morgan fingerprint density at radius 3 is 2.39 bits per heavy atom. The highest BCUT2D eigenvalue weighted by molar-refractivity contribution is 5.96. The van der Waals surface area contributed by atoms with Crippen LogP contribution in [-0.4, -0.2) is 23.9 Å². The summed E-state index contributed by atoms with van der Waals surface area (Å²) < 4.78 is 0. The average Bonchev–Trinajstić information content (AvgIpc) is 2.75. The number of hydrogen-bond acceptors (Lipinski definition) is 3. The average molecular weight is 247 g/mol. The lowest BCUT2D eigenvalue weighted by Crippen LogP contribution is -2.29. The molecule has 1 amide bonds. The molecule has 1 aliphatic rings. The van der Waals surface area contributed by atoms with Gasteiger partial charge in [-0.25, -0.2) is 0 Å². The molecule has 0 saturated carbocycles. The number of nitrogen functional groups attached to an aromatic ring is 2. The fraction of sp³-hybridized carbons (Fsp3) is 0.500. The predicted molar refractivity (Wildman–Crippen MR) is 74.1 cm³/mol. The van der Waals surface area contributed by atoms with Crippen LogP contribution in [0.5, 0.6) is 0 Å². The van der Waals surface area contributed by atoms with E-state index in [1.807, 2.05) is 4.90 Å². The molecular formula is C14H21N3O. The zero-order valence-electron chi connectivity index (χ0n) is 11.0. The van der Waals surface area contributed by atoms with Crippen molar-refractivity contribution in [3.8, 4) is 0 Å². The number of likely N-dealkylation sites (tertiary alicyclic amines) is 1. The van der Waals surface area contributed by atoms with E-state index in [1.54, 1.807) is 18.2 Å². The minimum Gasteiger partial charge on any atom is -0.399 e. The number of anilines is 2. The Balaban J connectivity index is 2.12. The normalized spacial score (nSPS) is 19.5. The second-order valence-electron chi connectivity index (χ2n) is 5.43. The summed E-state index contributed by atoms with van der Waals surface area (Å²) in [6.07, 6.45) is 1.08. The fourth-order valence-electron chi connectivity index (χ4n) is 2.50. The van der Waals surface area contributed by atoms with E-state index in [0.29, 0.717) is 28.8 Å². The van der Waals surface area contributed by atoms with Gasteiger partial charge in [-0.3, -0.25) is 4.79 Å². The van der Waals surface area contributed by atoms with E-state index in [1.165, 1.54) is 0 Å². The summed E-state index contributed by atoms with van der Waals surface area (Å²) in [5, 5.41) is 0. The highest BCUT2D eigenvalue weighted by Crippen LogP contribution is 2.25. The van der Waals surface area contributed by atoms with Crippen molar-refractivity contribution in [1.82, 2.24) is 4.90 Å². The highest BCUT2D eigenvalue weighted by atomic mass is 16.2. The Bertz CT molecular complexity index is 436. The van der Waals surface area contributed by atoms with Gasteiger partial charge in [-0.15, -0.1) is 0 Å². The lowest BCUT2D eigenvalue weighted by molar-refractivity contribution is 0.0784. The molecule has 98 valence electrons. The van der Waals surface area contributed by atoms with Gasteiger partial charge in [0.15, 0.2) is 0 Å². The van der Waals surface area contributed by atoms with Gasteiger partial charge in [-0.05, 0) is 36.5 Å². The molecule has 4 nitrogen and oxygen atoms in total. The Morgan fingerprint density at radius 2 is 1.89 bits per heavy atom. The third-order valence-corrected chi connectivity index (χ3v) is 3.68. The lowest BCUT2D eigenvalue weighted by Gasteiger charge is -2.18. The van der Waals surface area contributed by atoms with Crippen molar-refractivity contribution in [1.29, 1.82) is 0 Å². The molecular weight excluding hydrogens is 226 g/mol. The molecule has 1 atom stereocenters. The summed E-state index contributed by atoms with van der Waals surface area (Å²) in [6, 6.07) is 5.06. The fourth-order valence-corrected chi connectivity index (χ4v) is 2.50. The van der Waals surface area contributed by atoms with Crippen molar-refractivity contribution in [2.45, 2.75) is 20.3 Å². The van der Waals surface area contributed by atoms with Crippen molar-refractivity contribution in [2.75, 3.05) is 24.6 Å². The van der Waals surface area contributed by atoms with Gasteiger partial charge in [0.2, 0.25) is 0 Å². The van der Waals surface area contributed by atoms with E-state index in [0.717, 1.165) is 19.5 Å². The van der Waals surface area contributed by atoms with E-state index in [-0.39, 0.29) is 5.91 Å². The molecule has 1 heterocycles. The van der Waals surface area contributed by atoms with Gasteiger partial charge in [-0.2, -0.15) is 0 Å². The molecule has 1 saturated heterocycles. The van der Waals surface area contributed by atoms with E-state index in [9.17, 15) is 4.79 Å². The van der Waals surface area contributed by atoms with Crippen LogP contribution in [0.4, 0.5) is 11.4 Å². The van der Waals surface area contributed by atoms with Gasteiger partial charge >= 0.3 is 0 Å². The molecule has 18 heavy (non-hydrogen) atoms. The van der Waals surface area contributed by atoms with E-state index >= 15 is 0 Å². The Labute approximate surface area is 108 Å². The van der Waals surface area contributed by atoms with Gasteiger partial charge in [0.25, 0.3) is 5.91 Å². The maximum atomic E-state index is 12.3. The van der Waals surface area contributed by atoms with Crippen molar-refractivity contribution >= 4 is 17.3 Å². The second-order valence-corrected chi connectivity index (χ2v) is 5.43. The van der Waals surface area contributed by atoms with Crippen molar-refractivity contribution in [3.63, 3.8) is 0 Å². The number of carbonyl (C=O) groups excluding carboxylic acids is 1. The van der Waals surface area contributed by atoms with Crippen LogP contribution in [0.15, 0.2) is 18.2 Å². The molecule has 4 heteroatoms. The van der Waals surface area contributed by atoms with Gasteiger partial charge in [-0.1, -0.05) is 13.8 Å². The van der Waals surface area contributed by atoms with Crippen LogP contribution in [0, 0.1) is 11.8 Å². The number of nitrogens with two attached hydrogens (primary N) is 2. The van der Waals surface area contributed by atoms with Gasteiger partial charge in [0, 0.05) is 30.0 Å².